The van der Waals surface area contributed by atoms with E-state index < -0.39 is 0 Å². The van der Waals surface area contributed by atoms with Gasteiger partial charge in [0.15, 0.2) is 0 Å². The third-order valence-electron chi connectivity index (χ3n) is 4.69. The molecule has 1 atom stereocenters. The molecule has 25 heavy (non-hydrogen) atoms. The van der Waals surface area contributed by atoms with E-state index in [4.69, 9.17) is 9.47 Å². The number of hydrogen-bond acceptors (Lipinski definition) is 4. The molecule has 0 spiro atoms. The molecule has 4 nitrogen and oxygen atoms in total. The fourth-order valence-electron chi connectivity index (χ4n) is 2.74. The van der Waals surface area contributed by atoms with Gasteiger partial charge in [-0.15, -0.1) is 0 Å². The Kier molecular flexibility index (Phi) is 15.7. The summed E-state index contributed by atoms with van der Waals surface area (Å²) >= 11 is 0. The van der Waals surface area contributed by atoms with Crippen LogP contribution in [0.5, 0.6) is 0 Å². The zero-order valence-electron chi connectivity index (χ0n) is 17.0. The molecule has 0 aromatic carbocycles. The van der Waals surface area contributed by atoms with Crippen molar-refractivity contribution in [3.63, 3.8) is 0 Å². The zero-order chi connectivity index (χ0) is 18.9. The number of rotatable bonds is 16. The molecule has 0 aliphatic heterocycles. The Hall–Kier alpha value is -1.06. The monoisotopic (exact) mass is 356 g/mol. The number of hydrogen-bond donors (Lipinski definition) is 0. The summed E-state index contributed by atoms with van der Waals surface area (Å²) in [6, 6.07) is 0. The van der Waals surface area contributed by atoms with Crippen LogP contribution in [0, 0.1) is 5.92 Å². The number of carbonyl (C=O) groups excluding carboxylic acids is 2. The van der Waals surface area contributed by atoms with Gasteiger partial charge in [0.1, 0.15) is 0 Å². The largest absolute Gasteiger partial charge is 0.465 e. The van der Waals surface area contributed by atoms with Crippen molar-refractivity contribution < 1.29 is 19.1 Å². The Morgan fingerprint density at radius 3 is 2.04 bits per heavy atom. The van der Waals surface area contributed by atoms with E-state index in [2.05, 4.69) is 20.8 Å². The summed E-state index contributed by atoms with van der Waals surface area (Å²) < 4.78 is 10.7. The Labute approximate surface area is 155 Å². The van der Waals surface area contributed by atoms with Gasteiger partial charge in [-0.1, -0.05) is 65.7 Å². The minimum absolute atomic E-state index is 0.0273. The zero-order valence-corrected chi connectivity index (χ0v) is 17.0. The van der Waals surface area contributed by atoms with Gasteiger partial charge in [0.2, 0.25) is 0 Å². The molecule has 0 radical (unpaired) electrons. The van der Waals surface area contributed by atoms with Gasteiger partial charge in [0.25, 0.3) is 0 Å². The second kappa shape index (κ2) is 16.4. The van der Waals surface area contributed by atoms with Crippen molar-refractivity contribution >= 4 is 11.9 Å². The maximum Gasteiger partial charge on any atom is 0.306 e. The first-order valence-corrected chi connectivity index (χ1v) is 10.4. The molecule has 0 bridgehead atoms. The molecular weight excluding hydrogens is 316 g/mol. The summed E-state index contributed by atoms with van der Waals surface area (Å²) in [5, 5.41) is 0. The average molecular weight is 357 g/mol. The van der Waals surface area contributed by atoms with E-state index in [-0.39, 0.29) is 18.0 Å². The minimum Gasteiger partial charge on any atom is -0.465 e. The first-order valence-electron chi connectivity index (χ1n) is 10.4. The molecule has 0 aliphatic carbocycles. The van der Waals surface area contributed by atoms with Gasteiger partial charge in [0, 0.05) is 12.8 Å². The van der Waals surface area contributed by atoms with Gasteiger partial charge >= 0.3 is 11.9 Å². The average Bonchev–Trinajstić information content (AvgIpc) is 2.58. The lowest BCUT2D eigenvalue weighted by Crippen LogP contribution is -2.16. The summed E-state index contributed by atoms with van der Waals surface area (Å²) in [7, 11) is 0. The van der Waals surface area contributed by atoms with Crippen molar-refractivity contribution in [1.29, 1.82) is 0 Å². The van der Waals surface area contributed by atoms with E-state index in [0.717, 1.165) is 25.7 Å². The van der Waals surface area contributed by atoms with Crippen LogP contribution in [0.2, 0.25) is 0 Å². The van der Waals surface area contributed by atoms with E-state index in [1.165, 1.54) is 32.1 Å². The number of carbonyl (C=O) groups is 2. The molecule has 0 amide bonds. The summed E-state index contributed by atoms with van der Waals surface area (Å²) in [4.78, 5) is 23.5. The molecule has 148 valence electrons. The second-order valence-corrected chi connectivity index (χ2v) is 7.08. The highest BCUT2D eigenvalue weighted by molar-refractivity contribution is 5.72. The fraction of sp³-hybridized carbons (Fsp3) is 0.905. The quantitative estimate of drug-likeness (QED) is 0.258. The van der Waals surface area contributed by atoms with Crippen LogP contribution in [0.15, 0.2) is 0 Å². The van der Waals surface area contributed by atoms with E-state index in [1.54, 1.807) is 0 Å². The van der Waals surface area contributed by atoms with Crippen LogP contribution >= 0.6 is 0 Å². The molecule has 0 heterocycles. The highest BCUT2D eigenvalue weighted by Crippen LogP contribution is 2.12. The summed E-state index contributed by atoms with van der Waals surface area (Å²) in [6.07, 6.45) is 11.5. The van der Waals surface area contributed by atoms with Gasteiger partial charge in [0.05, 0.1) is 12.7 Å². The minimum atomic E-state index is -0.208. The number of esters is 2. The highest BCUT2D eigenvalue weighted by Gasteiger charge is 2.12. The van der Waals surface area contributed by atoms with Gasteiger partial charge in [-0.2, -0.15) is 0 Å². The van der Waals surface area contributed by atoms with Crippen LogP contribution in [-0.2, 0) is 19.1 Å². The summed E-state index contributed by atoms with van der Waals surface area (Å²) in [5.74, 6) is 0.0304. The van der Waals surface area contributed by atoms with Gasteiger partial charge < -0.3 is 9.47 Å². The van der Waals surface area contributed by atoms with Crippen LogP contribution in [0.4, 0.5) is 0 Å². The number of ether oxygens (including phenoxy) is 2. The Balaban J connectivity index is 3.63. The van der Waals surface area contributed by atoms with Crippen LogP contribution < -0.4 is 0 Å². The van der Waals surface area contributed by atoms with Crippen molar-refractivity contribution in [2.75, 3.05) is 6.61 Å². The molecule has 4 heteroatoms. The van der Waals surface area contributed by atoms with Crippen LogP contribution in [0.25, 0.3) is 0 Å². The normalized spacial score (nSPS) is 12.2. The van der Waals surface area contributed by atoms with E-state index >= 15 is 0 Å². The SMILES string of the molecule is CCCCCCCCC(C)OC(=O)CCCC(=O)OCC(CC)CC. The molecule has 0 rings (SSSR count). The Morgan fingerprint density at radius 1 is 0.800 bits per heavy atom. The molecule has 1 unspecified atom stereocenters. The standard InChI is InChI=1S/C21H40O4/c1-5-8-9-10-11-12-14-18(4)25-21(23)16-13-15-20(22)24-17-19(6-2)7-3/h18-19H,5-17H2,1-4H3. The molecular formula is C21H40O4. The van der Waals surface area contributed by atoms with Crippen molar-refractivity contribution in [3.05, 3.63) is 0 Å². The van der Waals surface area contributed by atoms with Crippen molar-refractivity contribution in [2.45, 2.75) is 111 Å². The molecule has 0 saturated heterocycles. The first kappa shape index (κ1) is 23.9. The van der Waals surface area contributed by atoms with Crippen molar-refractivity contribution in [3.8, 4) is 0 Å². The van der Waals surface area contributed by atoms with E-state index in [1.807, 2.05) is 6.92 Å². The molecule has 0 fully saturated rings. The second-order valence-electron chi connectivity index (χ2n) is 7.08. The summed E-state index contributed by atoms with van der Waals surface area (Å²) in [6.45, 7) is 8.86. The lowest BCUT2D eigenvalue weighted by molar-refractivity contribution is -0.149. The van der Waals surface area contributed by atoms with E-state index in [0.29, 0.717) is 31.8 Å². The predicted molar refractivity (Wildman–Crippen MR) is 102 cm³/mol. The predicted octanol–water partition coefficient (Wildman–Crippen LogP) is 5.82. The topological polar surface area (TPSA) is 52.6 Å². The van der Waals surface area contributed by atoms with Gasteiger partial charge in [-0.3, -0.25) is 9.59 Å². The molecule has 0 aliphatic rings. The molecule has 0 N–H and O–H groups in total. The third kappa shape index (κ3) is 14.9. The maximum absolute atomic E-state index is 11.8. The third-order valence-corrected chi connectivity index (χ3v) is 4.69. The van der Waals surface area contributed by atoms with Crippen molar-refractivity contribution in [2.24, 2.45) is 5.92 Å². The highest BCUT2D eigenvalue weighted by atomic mass is 16.5. The smallest absolute Gasteiger partial charge is 0.306 e. The molecule has 0 aromatic rings. The summed E-state index contributed by atoms with van der Waals surface area (Å²) in [5.41, 5.74) is 0. The van der Waals surface area contributed by atoms with Gasteiger partial charge in [-0.05, 0) is 32.1 Å². The lowest BCUT2D eigenvalue weighted by atomic mass is 10.1. The lowest BCUT2D eigenvalue weighted by Gasteiger charge is -2.14. The van der Waals surface area contributed by atoms with Crippen LogP contribution in [0.3, 0.4) is 0 Å². The Bertz CT molecular complexity index is 337. The number of unbranched alkanes of at least 4 members (excludes halogenated alkanes) is 5. The molecule has 0 aromatic heterocycles. The van der Waals surface area contributed by atoms with E-state index in [9.17, 15) is 9.59 Å². The van der Waals surface area contributed by atoms with Crippen LogP contribution in [-0.4, -0.2) is 24.6 Å². The van der Waals surface area contributed by atoms with Crippen LogP contribution in [0.1, 0.15) is 105 Å². The van der Waals surface area contributed by atoms with Gasteiger partial charge in [-0.25, -0.2) is 0 Å². The molecule has 0 saturated carbocycles. The first-order chi connectivity index (χ1) is 12.0. The fourth-order valence-corrected chi connectivity index (χ4v) is 2.74. The maximum atomic E-state index is 11.8. The van der Waals surface area contributed by atoms with Crippen molar-refractivity contribution in [1.82, 2.24) is 0 Å². The Morgan fingerprint density at radius 2 is 1.40 bits per heavy atom.